The summed E-state index contributed by atoms with van der Waals surface area (Å²) in [7, 11) is 0. The minimum atomic E-state index is -0.213. The number of carbonyl (C=O) groups excluding carboxylic acids is 1. The Morgan fingerprint density at radius 3 is 2.73 bits per heavy atom. The highest BCUT2D eigenvalue weighted by Crippen LogP contribution is 2.18. The van der Waals surface area contributed by atoms with Crippen LogP contribution in [0.15, 0.2) is 36.5 Å². The lowest BCUT2D eigenvalue weighted by Gasteiger charge is -2.07. The van der Waals surface area contributed by atoms with Gasteiger partial charge in [-0.2, -0.15) is 10.2 Å². The third-order valence-electron chi connectivity index (χ3n) is 3.14. The number of rotatable bonds is 4. The van der Waals surface area contributed by atoms with Gasteiger partial charge in [0.2, 0.25) is 5.91 Å². The van der Waals surface area contributed by atoms with Crippen LogP contribution in [-0.2, 0) is 11.3 Å². The summed E-state index contributed by atoms with van der Waals surface area (Å²) in [6.07, 6.45) is 1.57. The molecule has 0 atom stereocenters. The summed E-state index contributed by atoms with van der Waals surface area (Å²) in [5, 5.41) is 16.1. The first kappa shape index (κ1) is 14.2. The van der Waals surface area contributed by atoms with E-state index in [9.17, 15) is 4.79 Å². The van der Waals surface area contributed by atoms with Crippen LogP contribution in [0.3, 0.4) is 0 Å². The second kappa shape index (κ2) is 5.94. The van der Waals surface area contributed by atoms with Gasteiger partial charge in [0.05, 0.1) is 6.20 Å². The van der Waals surface area contributed by atoms with Crippen molar-refractivity contribution in [2.75, 3.05) is 5.32 Å². The predicted octanol–water partition coefficient (Wildman–Crippen LogP) is 2.28. The van der Waals surface area contributed by atoms with Crippen molar-refractivity contribution in [3.8, 4) is 11.4 Å². The average molecular weight is 314 g/mol. The lowest BCUT2D eigenvalue weighted by molar-refractivity contribution is -0.116. The molecule has 8 heteroatoms. The Balaban J connectivity index is 1.84. The van der Waals surface area contributed by atoms with Crippen LogP contribution >= 0.6 is 12.2 Å². The number of carbonyl (C=O) groups is 1. The zero-order chi connectivity index (χ0) is 15.5. The molecule has 0 fully saturated rings. The Hall–Kier alpha value is -2.74. The molecule has 0 saturated heterocycles. The van der Waals surface area contributed by atoms with Crippen molar-refractivity contribution in [3.63, 3.8) is 0 Å². The number of aryl methyl sites for hydroxylation is 1. The van der Waals surface area contributed by atoms with E-state index in [1.807, 2.05) is 31.2 Å². The van der Waals surface area contributed by atoms with Crippen LogP contribution in [0.4, 0.5) is 5.82 Å². The van der Waals surface area contributed by atoms with E-state index >= 15 is 0 Å². The van der Waals surface area contributed by atoms with E-state index in [0.717, 1.165) is 11.1 Å². The van der Waals surface area contributed by atoms with Crippen LogP contribution in [0.5, 0.6) is 0 Å². The molecule has 0 spiro atoms. The molecule has 3 aromatic rings. The van der Waals surface area contributed by atoms with Gasteiger partial charge in [-0.05, 0) is 19.1 Å². The first-order valence-electron chi connectivity index (χ1n) is 6.65. The van der Waals surface area contributed by atoms with E-state index in [4.69, 9.17) is 12.2 Å². The third kappa shape index (κ3) is 2.96. The fourth-order valence-corrected chi connectivity index (χ4v) is 2.24. The lowest BCUT2D eigenvalue weighted by Crippen LogP contribution is -2.19. The molecule has 1 amide bonds. The molecule has 2 heterocycles. The molecule has 0 aliphatic carbocycles. The van der Waals surface area contributed by atoms with Gasteiger partial charge < -0.3 is 5.32 Å². The molecule has 1 aromatic carbocycles. The first-order valence-corrected chi connectivity index (χ1v) is 7.06. The molecule has 112 valence electrons. The zero-order valence-corrected chi connectivity index (χ0v) is 12.6. The number of nitrogens with one attached hydrogen (secondary N) is 3. The fourth-order valence-electron chi connectivity index (χ4n) is 2.05. The Labute approximate surface area is 131 Å². The maximum absolute atomic E-state index is 12.1. The van der Waals surface area contributed by atoms with Crippen LogP contribution < -0.4 is 5.32 Å². The Bertz CT molecular complexity index is 831. The van der Waals surface area contributed by atoms with Crippen molar-refractivity contribution >= 4 is 23.9 Å². The zero-order valence-electron chi connectivity index (χ0n) is 11.8. The number of amides is 1. The maximum atomic E-state index is 12.1. The number of aromatic nitrogens is 5. The van der Waals surface area contributed by atoms with Gasteiger partial charge in [0.15, 0.2) is 10.6 Å². The summed E-state index contributed by atoms with van der Waals surface area (Å²) in [5.41, 5.74) is 2.05. The smallest absolute Gasteiger partial charge is 0.245 e. The number of hydrogen-bond acceptors (Lipinski definition) is 4. The highest BCUT2D eigenvalue weighted by Gasteiger charge is 2.12. The topological polar surface area (TPSA) is 91.4 Å². The number of aromatic amines is 2. The van der Waals surface area contributed by atoms with Gasteiger partial charge in [-0.15, -0.1) is 0 Å². The van der Waals surface area contributed by atoms with E-state index in [2.05, 4.69) is 25.7 Å². The normalized spacial score (nSPS) is 10.6. The van der Waals surface area contributed by atoms with Crippen LogP contribution in [0.25, 0.3) is 11.4 Å². The van der Waals surface area contributed by atoms with Crippen molar-refractivity contribution in [2.24, 2.45) is 0 Å². The number of hydrogen-bond donors (Lipinski definition) is 3. The van der Waals surface area contributed by atoms with Gasteiger partial charge in [0, 0.05) is 11.6 Å². The van der Waals surface area contributed by atoms with Crippen molar-refractivity contribution in [1.82, 2.24) is 25.0 Å². The van der Waals surface area contributed by atoms with Gasteiger partial charge in [0.1, 0.15) is 12.4 Å². The van der Waals surface area contributed by atoms with E-state index in [1.54, 1.807) is 16.8 Å². The molecule has 0 bridgehead atoms. The van der Waals surface area contributed by atoms with Gasteiger partial charge in [-0.25, -0.2) is 0 Å². The summed E-state index contributed by atoms with van der Waals surface area (Å²) >= 11 is 5.21. The van der Waals surface area contributed by atoms with Crippen LogP contribution in [0.2, 0.25) is 0 Å². The van der Waals surface area contributed by atoms with Gasteiger partial charge in [-0.3, -0.25) is 19.6 Å². The molecule has 0 radical (unpaired) electrons. The molecule has 22 heavy (non-hydrogen) atoms. The minimum Gasteiger partial charge on any atom is -0.310 e. The number of benzene rings is 1. The lowest BCUT2D eigenvalue weighted by atomic mass is 10.1. The third-order valence-corrected chi connectivity index (χ3v) is 3.46. The monoisotopic (exact) mass is 314 g/mol. The minimum absolute atomic E-state index is 0.0670. The molecule has 2 aromatic heterocycles. The Morgan fingerprint density at radius 2 is 2.05 bits per heavy atom. The van der Waals surface area contributed by atoms with Crippen LogP contribution in [0, 0.1) is 11.7 Å². The van der Waals surface area contributed by atoms with Crippen molar-refractivity contribution in [3.05, 3.63) is 46.9 Å². The molecule has 3 N–H and O–H groups in total. The van der Waals surface area contributed by atoms with Crippen LogP contribution in [-0.4, -0.2) is 30.9 Å². The van der Waals surface area contributed by atoms with E-state index in [0.29, 0.717) is 16.4 Å². The van der Waals surface area contributed by atoms with E-state index in [1.165, 1.54) is 0 Å². The molecule has 3 rings (SSSR count). The SMILES string of the molecule is Cc1ccc(-c2n[nH]c(=S)n2CC(=O)Nc2ccn[nH]2)cc1. The van der Waals surface area contributed by atoms with Crippen molar-refractivity contribution in [2.45, 2.75) is 13.5 Å². The highest BCUT2D eigenvalue weighted by molar-refractivity contribution is 7.71. The van der Waals surface area contributed by atoms with Gasteiger partial charge in [0.25, 0.3) is 0 Å². The maximum Gasteiger partial charge on any atom is 0.245 e. The number of H-pyrrole nitrogens is 2. The van der Waals surface area contributed by atoms with Crippen LogP contribution in [0.1, 0.15) is 5.56 Å². The second-order valence-corrected chi connectivity index (χ2v) is 5.21. The average Bonchev–Trinajstić information content (AvgIpc) is 3.11. The molecule has 0 unspecified atom stereocenters. The summed E-state index contributed by atoms with van der Waals surface area (Å²) < 4.78 is 2.06. The fraction of sp³-hybridized carbons (Fsp3) is 0.143. The molecular weight excluding hydrogens is 300 g/mol. The number of nitrogens with zero attached hydrogens (tertiary/aromatic N) is 3. The first-order chi connectivity index (χ1) is 10.6. The predicted molar refractivity (Wildman–Crippen MR) is 84.8 cm³/mol. The van der Waals surface area contributed by atoms with E-state index in [-0.39, 0.29) is 12.5 Å². The summed E-state index contributed by atoms with van der Waals surface area (Å²) in [4.78, 5) is 12.1. The van der Waals surface area contributed by atoms with Gasteiger partial charge in [-0.1, -0.05) is 29.8 Å². The van der Waals surface area contributed by atoms with Crippen molar-refractivity contribution in [1.29, 1.82) is 0 Å². The summed E-state index contributed by atoms with van der Waals surface area (Å²) in [6, 6.07) is 9.55. The summed E-state index contributed by atoms with van der Waals surface area (Å²) in [5.74, 6) is 0.955. The quantitative estimate of drug-likeness (QED) is 0.644. The largest absolute Gasteiger partial charge is 0.310 e. The summed E-state index contributed by atoms with van der Waals surface area (Å²) in [6.45, 7) is 2.08. The molecular formula is C14H14N6OS. The van der Waals surface area contributed by atoms with E-state index < -0.39 is 0 Å². The highest BCUT2D eigenvalue weighted by atomic mass is 32.1. The van der Waals surface area contributed by atoms with Crippen molar-refractivity contribution < 1.29 is 4.79 Å². The second-order valence-electron chi connectivity index (χ2n) is 4.82. The Morgan fingerprint density at radius 1 is 1.27 bits per heavy atom. The standard InChI is InChI=1S/C14H14N6OS/c1-9-2-4-10(5-3-9)13-18-19-14(22)20(13)8-12(21)16-11-6-7-15-17-11/h2-7H,8H2,1H3,(H,19,22)(H2,15,16,17,21). The molecule has 0 aliphatic rings. The van der Waals surface area contributed by atoms with Gasteiger partial charge >= 0.3 is 0 Å². The number of anilines is 1. The molecule has 0 saturated carbocycles. The Kier molecular flexibility index (Phi) is 3.84. The molecule has 0 aliphatic heterocycles. The molecule has 7 nitrogen and oxygen atoms in total.